The van der Waals surface area contributed by atoms with Gasteiger partial charge < -0.3 is 10.2 Å². The average Bonchev–Trinajstić information content (AvgIpc) is 3.10. The molecule has 0 saturated carbocycles. The zero-order valence-electron chi connectivity index (χ0n) is 14.3. The highest BCUT2D eigenvalue weighted by molar-refractivity contribution is 6.30. The first-order valence-corrected chi connectivity index (χ1v) is 9.00. The fraction of sp³-hybridized carbons (Fsp3) is 0.471. The number of amides is 1. The van der Waals surface area contributed by atoms with Crippen molar-refractivity contribution >= 4 is 29.0 Å². The molecule has 3 rings (SSSR count). The first-order valence-electron chi connectivity index (χ1n) is 8.62. The van der Waals surface area contributed by atoms with Crippen LogP contribution in [-0.4, -0.2) is 63.8 Å². The van der Waals surface area contributed by atoms with Crippen molar-refractivity contribution in [1.82, 2.24) is 25.2 Å². The van der Waals surface area contributed by atoms with Crippen LogP contribution in [0.25, 0.3) is 0 Å². The van der Waals surface area contributed by atoms with Crippen molar-refractivity contribution < 1.29 is 4.79 Å². The van der Waals surface area contributed by atoms with Gasteiger partial charge in [0.25, 0.3) is 5.91 Å². The molecule has 1 aromatic heterocycles. The Labute approximate surface area is 152 Å². The number of anilines is 2. The van der Waals surface area contributed by atoms with Gasteiger partial charge in [-0.3, -0.25) is 9.69 Å². The van der Waals surface area contributed by atoms with Crippen LogP contribution >= 0.6 is 11.6 Å². The van der Waals surface area contributed by atoms with Gasteiger partial charge in [-0.15, -0.1) is 10.2 Å². The van der Waals surface area contributed by atoms with Crippen molar-refractivity contribution in [3.63, 3.8) is 0 Å². The fourth-order valence-corrected chi connectivity index (χ4v) is 2.97. The highest BCUT2D eigenvalue weighted by atomic mass is 35.5. The number of piperazine rings is 1. The number of carbonyl (C=O) groups excluding carboxylic acids is 1. The summed E-state index contributed by atoms with van der Waals surface area (Å²) in [7, 11) is 0. The maximum atomic E-state index is 12.8. The van der Waals surface area contributed by atoms with E-state index in [1.54, 1.807) is 12.1 Å². The van der Waals surface area contributed by atoms with E-state index < -0.39 is 0 Å². The molecule has 8 heteroatoms. The van der Waals surface area contributed by atoms with Crippen LogP contribution in [0.3, 0.4) is 0 Å². The highest BCUT2D eigenvalue weighted by Gasteiger charge is 2.26. The maximum absolute atomic E-state index is 12.8. The molecule has 1 aliphatic heterocycles. The van der Waals surface area contributed by atoms with Crippen molar-refractivity contribution in [3.8, 4) is 0 Å². The summed E-state index contributed by atoms with van der Waals surface area (Å²) in [5.41, 5.74) is 1.12. The lowest BCUT2D eigenvalue weighted by molar-refractivity contribution is 0.0631. The van der Waals surface area contributed by atoms with Crippen molar-refractivity contribution in [2.45, 2.75) is 19.8 Å². The minimum atomic E-state index is -0.0969. The number of H-pyrrole nitrogens is 1. The lowest BCUT2D eigenvalue weighted by atomic mass is 10.2. The predicted octanol–water partition coefficient (Wildman–Crippen LogP) is 2.76. The molecule has 1 aliphatic rings. The molecule has 2 N–H and O–H groups in total. The number of aromatic nitrogens is 3. The third-order valence-corrected chi connectivity index (χ3v) is 4.60. The maximum Gasteiger partial charge on any atom is 0.278 e. The lowest BCUT2D eigenvalue weighted by Gasteiger charge is -2.34. The SMILES string of the molecule is CCCCN1CCN(C(=O)c2n[nH]nc2Nc2ccc(Cl)cc2)CC1. The van der Waals surface area contributed by atoms with E-state index in [1.807, 2.05) is 17.0 Å². The summed E-state index contributed by atoms with van der Waals surface area (Å²) in [6, 6.07) is 7.22. The van der Waals surface area contributed by atoms with Gasteiger partial charge in [0.2, 0.25) is 0 Å². The molecule has 7 nitrogen and oxygen atoms in total. The number of rotatable bonds is 6. The van der Waals surface area contributed by atoms with Gasteiger partial charge in [-0.25, -0.2) is 0 Å². The third kappa shape index (κ3) is 4.49. The Bertz CT molecular complexity index is 693. The summed E-state index contributed by atoms with van der Waals surface area (Å²) in [6.07, 6.45) is 2.39. The van der Waals surface area contributed by atoms with Crippen LogP contribution in [0.1, 0.15) is 30.3 Å². The number of aromatic amines is 1. The van der Waals surface area contributed by atoms with Crippen molar-refractivity contribution in [1.29, 1.82) is 0 Å². The number of carbonyl (C=O) groups is 1. The standard InChI is InChI=1S/C17H23ClN6O/c1-2-3-8-23-9-11-24(12-10-23)17(25)15-16(21-22-20-15)19-14-6-4-13(18)5-7-14/h4-7H,2-3,8-12H2,1H3,(H2,19,20,21,22). The second-order valence-electron chi connectivity index (χ2n) is 6.14. The number of hydrogen-bond donors (Lipinski definition) is 2. The van der Waals surface area contributed by atoms with Crippen molar-refractivity contribution in [2.75, 3.05) is 38.0 Å². The van der Waals surface area contributed by atoms with Crippen LogP contribution in [0.4, 0.5) is 11.5 Å². The highest BCUT2D eigenvalue weighted by Crippen LogP contribution is 2.20. The molecule has 0 spiro atoms. The van der Waals surface area contributed by atoms with Crippen LogP contribution in [-0.2, 0) is 0 Å². The molecule has 0 radical (unpaired) electrons. The molecule has 0 atom stereocenters. The summed E-state index contributed by atoms with van der Waals surface area (Å²) in [5.74, 6) is 0.334. The Kier molecular flexibility index (Phi) is 5.88. The second kappa shape index (κ2) is 8.31. The van der Waals surface area contributed by atoms with Gasteiger partial charge >= 0.3 is 0 Å². The summed E-state index contributed by atoms with van der Waals surface area (Å²) < 4.78 is 0. The topological polar surface area (TPSA) is 77.2 Å². The van der Waals surface area contributed by atoms with Gasteiger partial charge in [-0.2, -0.15) is 5.21 Å². The minimum Gasteiger partial charge on any atom is -0.337 e. The molecule has 134 valence electrons. The molecule has 1 saturated heterocycles. The van der Waals surface area contributed by atoms with Crippen molar-refractivity contribution in [3.05, 3.63) is 35.0 Å². The van der Waals surface area contributed by atoms with Gasteiger partial charge in [0.1, 0.15) is 0 Å². The molecule has 2 heterocycles. The smallest absolute Gasteiger partial charge is 0.278 e. The Morgan fingerprint density at radius 1 is 1.20 bits per heavy atom. The van der Waals surface area contributed by atoms with Gasteiger partial charge in [-0.1, -0.05) is 24.9 Å². The number of benzene rings is 1. The Balaban J connectivity index is 1.62. The molecule has 1 aromatic carbocycles. The molecule has 25 heavy (non-hydrogen) atoms. The van der Waals surface area contributed by atoms with E-state index in [9.17, 15) is 4.79 Å². The summed E-state index contributed by atoms with van der Waals surface area (Å²) >= 11 is 5.89. The quantitative estimate of drug-likeness (QED) is 0.826. The molecular weight excluding hydrogens is 340 g/mol. The first-order chi connectivity index (χ1) is 12.2. The summed E-state index contributed by atoms with van der Waals surface area (Å²) in [6.45, 7) is 6.55. The largest absolute Gasteiger partial charge is 0.337 e. The monoisotopic (exact) mass is 362 g/mol. The van der Waals surface area contributed by atoms with Crippen molar-refractivity contribution in [2.24, 2.45) is 0 Å². The minimum absolute atomic E-state index is 0.0969. The summed E-state index contributed by atoms with van der Waals surface area (Å²) in [4.78, 5) is 17.0. The van der Waals surface area contributed by atoms with E-state index in [2.05, 4.69) is 32.6 Å². The molecule has 0 bridgehead atoms. The Hall–Kier alpha value is -2.12. The first kappa shape index (κ1) is 17.7. The molecule has 1 amide bonds. The number of hydrogen-bond acceptors (Lipinski definition) is 5. The van der Waals surface area contributed by atoms with Gasteiger partial charge in [0.05, 0.1) is 0 Å². The van der Waals surface area contributed by atoms with E-state index in [0.717, 1.165) is 38.4 Å². The molecule has 0 aliphatic carbocycles. The number of halogens is 1. The molecular formula is C17H23ClN6O. The van der Waals surface area contributed by atoms with E-state index in [1.165, 1.54) is 12.8 Å². The van der Waals surface area contributed by atoms with E-state index in [0.29, 0.717) is 16.5 Å². The second-order valence-corrected chi connectivity index (χ2v) is 6.58. The number of nitrogens with zero attached hydrogens (tertiary/aromatic N) is 4. The molecule has 0 unspecified atom stereocenters. The van der Waals surface area contributed by atoms with Crippen LogP contribution in [0, 0.1) is 0 Å². The van der Waals surface area contributed by atoms with E-state index >= 15 is 0 Å². The van der Waals surface area contributed by atoms with E-state index in [-0.39, 0.29) is 5.91 Å². The zero-order chi connectivity index (χ0) is 17.6. The molecule has 1 fully saturated rings. The Morgan fingerprint density at radius 2 is 1.92 bits per heavy atom. The predicted molar refractivity (Wildman–Crippen MR) is 98.4 cm³/mol. The van der Waals surface area contributed by atoms with Gasteiger partial charge in [-0.05, 0) is 37.2 Å². The van der Waals surface area contributed by atoms with E-state index in [4.69, 9.17) is 11.6 Å². The molecule has 2 aromatic rings. The third-order valence-electron chi connectivity index (χ3n) is 4.34. The normalized spacial score (nSPS) is 15.4. The average molecular weight is 363 g/mol. The van der Waals surface area contributed by atoms with Crippen LogP contribution in [0.5, 0.6) is 0 Å². The van der Waals surface area contributed by atoms with Gasteiger partial charge in [0.15, 0.2) is 11.5 Å². The number of unbranched alkanes of at least 4 members (excludes halogenated alkanes) is 1. The summed E-state index contributed by atoms with van der Waals surface area (Å²) in [5, 5.41) is 14.4. The lowest BCUT2D eigenvalue weighted by Crippen LogP contribution is -2.49. The van der Waals surface area contributed by atoms with Crippen LogP contribution in [0.15, 0.2) is 24.3 Å². The Morgan fingerprint density at radius 3 is 2.60 bits per heavy atom. The van der Waals surface area contributed by atoms with Crippen LogP contribution in [0.2, 0.25) is 5.02 Å². The van der Waals surface area contributed by atoms with Crippen LogP contribution < -0.4 is 5.32 Å². The van der Waals surface area contributed by atoms with Gasteiger partial charge in [0, 0.05) is 36.9 Å². The fourth-order valence-electron chi connectivity index (χ4n) is 2.84. The number of nitrogens with one attached hydrogen (secondary N) is 2. The zero-order valence-corrected chi connectivity index (χ0v) is 15.1.